The first kappa shape index (κ1) is 13.2. The standard InChI is InChI=1S/C13H11BrFNOS/c1-16(13(17)12-3-2-6-18-12)8-9-7-10(14)4-5-11(9)15/h2-7H,8H2,1H3. The van der Waals surface area contributed by atoms with E-state index < -0.39 is 0 Å². The molecule has 1 heterocycles. The molecule has 5 heteroatoms. The summed E-state index contributed by atoms with van der Waals surface area (Å²) in [7, 11) is 1.67. The van der Waals surface area contributed by atoms with Gasteiger partial charge in [0.05, 0.1) is 4.88 Å². The minimum atomic E-state index is -0.302. The Balaban J connectivity index is 2.14. The molecule has 0 aliphatic heterocycles. The lowest BCUT2D eigenvalue weighted by Crippen LogP contribution is -2.25. The molecule has 0 fully saturated rings. The van der Waals surface area contributed by atoms with Crippen LogP contribution in [0, 0.1) is 5.82 Å². The zero-order valence-electron chi connectivity index (χ0n) is 9.69. The van der Waals surface area contributed by atoms with Crippen molar-refractivity contribution in [2.45, 2.75) is 6.54 Å². The van der Waals surface area contributed by atoms with Crippen molar-refractivity contribution in [2.24, 2.45) is 0 Å². The number of nitrogens with zero attached hydrogens (tertiary/aromatic N) is 1. The van der Waals surface area contributed by atoms with Gasteiger partial charge in [0.25, 0.3) is 5.91 Å². The first-order valence-electron chi connectivity index (χ1n) is 5.31. The zero-order valence-corrected chi connectivity index (χ0v) is 12.1. The maximum Gasteiger partial charge on any atom is 0.263 e. The highest BCUT2D eigenvalue weighted by Crippen LogP contribution is 2.18. The molecule has 94 valence electrons. The molecule has 0 aliphatic carbocycles. The molecule has 2 rings (SSSR count). The Kier molecular flexibility index (Phi) is 4.14. The van der Waals surface area contributed by atoms with Crippen LogP contribution in [0.5, 0.6) is 0 Å². The van der Waals surface area contributed by atoms with Crippen molar-refractivity contribution in [1.82, 2.24) is 4.90 Å². The topological polar surface area (TPSA) is 20.3 Å². The Morgan fingerprint density at radius 3 is 2.89 bits per heavy atom. The van der Waals surface area contributed by atoms with Crippen molar-refractivity contribution in [3.63, 3.8) is 0 Å². The van der Waals surface area contributed by atoms with Crippen molar-refractivity contribution in [3.05, 3.63) is 56.4 Å². The average molecular weight is 328 g/mol. The SMILES string of the molecule is CN(Cc1cc(Br)ccc1F)C(=O)c1cccs1. The largest absolute Gasteiger partial charge is 0.337 e. The molecule has 18 heavy (non-hydrogen) atoms. The number of rotatable bonds is 3. The van der Waals surface area contributed by atoms with Gasteiger partial charge in [-0.3, -0.25) is 4.79 Å². The Morgan fingerprint density at radius 1 is 1.44 bits per heavy atom. The number of hydrogen-bond donors (Lipinski definition) is 0. The molecule has 0 N–H and O–H groups in total. The van der Waals surface area contributed by atoms with E-state index in [9.17, 15) is 9.18 Å². The Hall–Kier alpha value is -1.20. The highest BCUT2D eigenvalue weighted by Gasteiger charge is 2.14. The smallest absolute Gasteiger partial charge is 0.263 e. The number of thiophene rings is 1. The quantitative estimate of drug-likeness (QED) is 0.836. The summed E-state index contributed by atoms with van der Waals surface area (Å²) in [5, 5.41) is 1.85. The Morgan fingerprint density at radius 2 is 2.22 bits per heavy atom. The van der Waals surface area contributed by atoms with Gasteiger partial charge in [-0.1, -0.05) is 22.0 Å². The molecule has 2 aromatic rings. The van der Waals surface area contributed by atoms with E-state index in [1.54, 1.807) is 25.2 Å². The average Bonchev–Trinajstić information content (AvgIpc) is 2.86. The molecule has 0 bridgehead atoms. The molecule has 0 radical (unpaired) electrons. The van der Waals surface area contributed by atoms with E-state index >= 15 is 0 Å². The lowest BCUT2D eigenvalue weighted by molar-refractivity contribution is 0.0788. The molecule has 0 saturated carbocycles. The van der Waals surface area contributed by atoms with Gasteiger partial charge in [-0.05, 0) is 29.6 Å². The Labute approximate surface area is 117 Å². The van der Waals surface area contributed by atoms with Gasteiger partial charge in [0.15, 0.2) is 0 Å². The second kappa shape index (κ2) is 5.63. The summed E-state index contributed by atoms with van der Waals surface area (Å²) in [4.78, 5) is 14.2. The molecular formula is C13H11BrFNOS. The van der Waals surface area contributed by atoms with Crippen LogP contribution in [0.4, 0.5) is 4.39 Å². The van der Waals surface area contributed by atoms with Crippen molar-refractivity contribution >= 4 is 33.2 Å². The number of carbonyl (C=O) groups excluding carboxylic acids is 1. The van der Waals surface area contributed by atoms with Crippen LogP contribution in [0.2, 0.25) is 0 Å². The van der Waals surface area contributed by atoms with Crippen molar-refractivity contribution < 1.29 is 9.18 Å². The molecule has 0 aliphatic rings. The predicted molar refractivity (Wildman–Crippen MR) is 74.2 cm³/mol. The zero-order chi connectivity index (χ0) is 13.1. The number of carbonyl (C=O) groups is 1. The summed E-state index contributed by atoms with van der Waals surface area (Å²) < 4.78 is 14.4. The van der Waals surface area contributed by atoms with E-state index in [-0.39, 0.29) is 18.3 Å². The van der Waals surface area contributed by atoms with Gasteiger partial charge in [-0.25, -0.2) is 4.39 Å². The van der Waals surface area contributed by atoms with Crippen LogP contribution in [0.1, 0.15) is 15.2 Å². The minimum absolute atomic E-state index is 0.0932. The summed E-state index contributed by atoms with van der Waals surface area (Å²) in [5.41, 5.74) is 0.497. The number of amides is 1. The van der Waals surface area contributed by atoms with Gasteiger partial charge in [0.2, 0.25) is 0 Å². The van der Waals surface area contributed by atoms with Crippen molar-refractivity contribution in [1.29, 1.82) is 0 Å². The van der Waals surface area contributed by atoms with Gasteiger partial charge in [0.1, 0.15) is 5.82 Å². The van der Waals surface area contributed by atoms with Crippen LogP contribution in [-0.4, -0.2) is 17.9 Å². The van der Waals surface area contributed by atoms with E-state index in [4.69, 9.17) is 0 Å². The van der Waals surface area contributed by atoms with Crippen LogP contribution in [0.25, 0.3) is 0 Å². The third-order valence-corrected chi connectivity index (χ3v) is 3.85. The summed E-state index contributed by atoms with van der Waals surface area (Å²) in [6.45, 7) is 0.252. The van der Waals surface area contributed by atoms with Crippen molar-refractivity contribution in [2.75, 3.05) is 7.05 Å². The summed E-state index contributed by atoms with van der Waals surface area (Å²) >= 11 is 4.68. The predicted octanol–water partition coefficient (Wildman–Crippen LogP) is 3.92. The monoisotopic (exact) mass is 327 g/mol. The first-order chi connectivity index (χ1) is 8.58. The molecule has 1 aromatic heterocycles. The summed E-state index contributed by atoms with van der Waals surface area (Å²) in [6, 6.07) is 8.31. The van der Waals surface area contributed by atoms with Gasteiger partial charge in [-0.2, -0.15) is 0 Å². The lowest BCUT2D eigenvalue weighted by Gasteiger charge is -2.17. The molecule has 0 unspecified atom stereocenters. The van der Waals surface area contributed by atoms with E-state index in [2.05, 4.69) is 15.9 Å². The molecule has 2 nitrogen and oxygen atoms in total. The lowest BCUT2D eigenvalue weighted by atomic mass is 10.2. The fraction of sp³-hybridized carbons (Fsp3) is 0.154. The highest BCUT2D eigenvalue weighted by atomic mass is 79.9. The first-order valence-corrected chi connectivity index (χ1v) is 6.98. The van der Waals surface area contributed by atoms with Crippen LogP contribution in [0.15, 0.2) is 40.2 Å². The fourth-order valence-electron chi connectivity index (χ4n) is 1.58. The molecule has 0 saturated heterocycles. The third kappa shape index (κ3) is 2.97. The second-order valence-corrected chi connectivity index (χ2v) is 5.74. The Bertz CT molecular complexity index is 556. The highest BCUT2D eigenvalue weighted by molar-refractivity contribution is 9.10. The van der Waals surface area contributed by atoms with Crippen LogP contribution in [-0.2, 0) is 6.54 Å². The minimum Gasteiger partial charge on any atom is -0.337 e. The maximum absolute atomic E-state index is 13.6. The van der Waals surface area contributed by atoms with Crippen LogP contribution in [0.3, 0.4) is 0 Å². The van der Waals surface area contributed by atoms with E-state index in [0.29, 0.717) is 10.4 Å². The number of halogens is 2. The van der Waals surface area contributed by atoms with Crippen LogP contribution < -0.4 is 0 Å². The van der Waals surface area contributed by atoms with E-state index in [1.807, 2.05) is 11.4 Å². The summed E-state index contributed by atoms with van der Waals surface area (Å²) in [6.07, 6.45) is 0. The number of hydrogen-bond acceptors (Lipinski definition) is 2. The molecule has 0 spiro atoms. The molecule has 1 aromatic carbocycles. The number of benzene rings is 1. The van der Waals surface area contributed by atoms with Gasteiger partial charge >= 0.3 is 0 Å². The maximum atomic E-state index is 13.6. The molecule has 1 amide bonds. The van der Waals surface area contributed by atoms with Crippen LogP contribution >= 0.6 is 27.3 Å². The van der Waals surface area contributed by atoms with Gasteiger partial charge in [0, 0.05) is 23.6 Å². The normalized spacial score (nSPS) is 10.4. The molecular weight excluding hydrogens is 317 g/mol. The van der Waals surface area contributed by atoms with Gasteiger partial charge in [-0.15, -0.1) is 11.3 Å². The van der Waals surface area contributed by atoms with Gasteiger partial charge < -0.3 is 4.90 Å². The van der Waals surface area contributed by atoms with E-state index in [1.165, 1.54) is 22.3 Å². The van der Waals surface area contributed by atoms with E-state index in [0.717, 1.165) is 4.47 Å². The summed E-state index contributed by atoms with van der Waals surface area (Å²) in [5.74, 6) is -0.395. The van der Waals surface area contributed by atoms with Crippen molar-refractivity contribution in [3.8, 4) is 0 Å². The second-order valence-electron chi connectivity index (χ2n) is 3.87. The molecule has 0 atom stereocenters. The fourth-order valence-corrected chi connectivity index (χ4v) is 2.71. The third-order valence-electron chi connectivity index (χ3n) is 2.49.